The maximum Gasteiger partial charge on any atom is 1.00 e. The fraction of sp³-hybridized carbons (Fsp3) is 0.462. The second-order valence-electron chi connectivity index (χ2n) is 8.95. The number of amides is 1. The first-order chi connectivity index (χ1) is 17.2. The molecule has 0 aromatic heterocycles. The third-order valence-corrected chi connectivity index (χ3v) is 8.45. The zero-order valence-electron chi connectivity index (χ0n) is 21.8. The molecule has 1 saturated heterocycles. The van der Waals surface area contributed by atoms with E-state index in [1.807, 2.05) is 37.4 Å². The number of carbonyl (C=O) groups excluding carboxylic acids is 2. The summed E-state index contributed by atoms with van der Waals surface area (Å²) in [7, 11) is -3.81. The van der Waals surface area contributed by atoms with Crippen LogP contribution in [0, 0.1) is 6.92 Å². The summed E-state index contributed by atoms with van der Waals surface area (Å²) in [5, 5.41) is 14.1. The summed E-state index contributed by atoms with van der Waals surface area (Å²) in [4.78, 5) is 27.0. The molecule has 0 spiro atoms. The van der Waals surface area contributed by atoms with Gasteiger partial charge < -0.3 is 20.1 Å². The van der Waals surface area contributed by atoms with Gasteiger partial charge in [-0.25, -0.2) is 13.1 Å². The van der Waals surface area contributed by atoms with Crippen LogP contribution >= 0.6 is 11.8 Å². The molecule has 1 atom stereocenters. The van der Waals surface area contributed by atoms with E-state index in [-0.39, 0.29) is 35.7 Å². The SMILES string of the molecule is CSCCC(NC(=O)c1ccc(S(=O)(=O)NCCN2CCCCC2)cc1-c1ccccc1C)C(=O)[O-].[Li+]. The molecule has 2 aromatic carbocycles. The molecule has 2 N–H and O–H groups in total. The van der Waals surface area contributed by atoms with Crippen LogP contribution in [0.4, 0.5) is 0 Å². The van der Waals surface area contributed by atoms with Crippen LogP contribution < -0.4 is 34.0 Å². The number of nitrogens with one attached hydrogen (secondary N) is 2. The van der Waals surface area contributed by atoms with Gasteiger partial charge in [0.1, 0.15) is 0 Å². The number of aliphatic carboxylic acids is 1. The molecule has 2 aromatic rings. The topological polar surface area (TPSA) is 119 Å². The first-order valence-corrected chi connectivity index (χ1v) is 15.0. The number of carboxylic acids is 1. The Hall–Kier alpha value is -1.80. The van der Waals surface area contributed by atoms with Gasteiger partial charge in [-0.3, -0.25) is 4.79 Å². The van der Waals surface area contributed by atoms with E-state index in [4.69, 9.17) is 0 Å². The third-order valence-electron chi connectivity index (χ3n) is 6.35. The van der Waals surface area contributed by atoms with Crippen molar-refractivity contribution in [3.05, 3.63) is 53.6 Å². The molecule has 1 aliphatic rings. The van der Waals surface area contributed by atoms with Crippen LogP contribution in [-0.2, 0) is 14.8 Å². The number of rotatable bonds is 12. The number of piperidine rings is 1. The Balaban J connectivity index is 0.00000481. The summed E-state index contributed by atoms with van der Waals surface area (Å²) in [6.45, 7) is 4.77. The molecular formula is C26H34LiN3O5S2. The van der Waals surface area contributed by atoms with E-state index in [1.54, 1.807) is 0 Å². The van der Waals surface area contributed by atoms with Crippen molar-refractivity contribution in [2.75, 3.05) is 38.2 Å². The fourth-order valence-electron chi connectivity index (χ4n) is 4.31. The maximum atomic E-state index is 13.2. The molecule has 0 aliphatic carbocycles. The predicted octanol–water partition coefficient (Wildman–Crippen LogP) is -0.968. The molecule has 1 amide bonds. The molecule has 1 aliphatic heterocycles. The number of hydrogen-bond donors (Lipinski definition) is 2. The molecule has 8 nitrogen and oxygen atoms in total. The number of benzene rings is 2. The van der Waals surface area contributed by atoms with Crippen molar-refractivity contribution >= 4 is 33.7 Å². The van der Waals surface area contributed by atoms with Crippen molar-refractivity contribution in [1.82, 2.24) is 14.9 Å². The van der Waals surface area contributed by atoms with Crippen LogP contribution in [0.5, 0.6) is 0 Å². The van der Waals surface area contributed by atoms with Gasteiger partial charge in [-0.05, 0) is 86.2 Å². The Kier molecular flexibility index (Phi) is 12.7. The van der Waals surface area contributed by atoms with E-state index in [1.165, 1.54) is 36.4 Å². The van der Waals surface area contributed by atoms with Gasteiger partial charge in [-0.15, -0.1) is 0 Å². The summed E-state index contributed by atoms with van der Waals surface area (Å²) in [5.41, 5.74) is 2.18. The second kappa shape index (κ2) is 15.0. The number of thioether (sulfide) groups is 1. The van der Waals surface area contributed by atoms with Crippen LogP contribution in [0.15, 0.2) is 47.4 Å². The van der Waals surface area contributed by atoms with Gasteiger partial charge in [0.2, 0.25) is 10.0 Å². The minimum atomic E-state index is -3.81. The standard InChI is InChI=1S/C26H35N3O5S2.Li/c1-19-8-4-5-9-21(19)23-18-20(36(33,34)27-13-16-29-14-6-3-7-15-29)10-11-22(23)25(30)28-24(26(31)32)12-17-35-2;/h4-5,8-11,18,24,27H,3,6-7,12-17H2,1-2H3,(H,28,30)(H,31,32);/q;+1/p-1. The number of sulfonamides is 1. The Morgan fingerprint density at radius 2 is 1.78 bits per heavy atom. The summed E-state index contributed by atoms with van der Waals surface area (Å²) in [6.07, 6.45) is 5.55. The van der Waals surface area contributed by atoms with Gasteiger partial charge in [-0.2, -0.15) is 11.8 Å². The molecule has 11 heteroatoms. The summed E-state index contributed by atoms with van der Waals surface area (Å²) < 4.78 is 28.9. The molecule has 37 heavy (non-hydrogen) atoms. The van der Waals surface area contributed by atoms with Crippen LogP contribution in [-0.4, -0.2) is 69.4 Å². The number of carbonyl (C=O) groups is 2. The molecule has 1 unspecified atom stereocenters. The van der Waals surface area contributed by atoms with Gasteiger partial charge in [0, 0.05) is 18.7 Å². The van der Waals surface area contributed by atoms with Crippen molar-refractivity contribution in [3.8, 4) is 11.1 Å². The Morgan fingerprint density at radius 3 is 2.43 bits per heavy atom. The number of carboxylic acid groups (broad SMARTS) is 1. The van der Waals surface area contributed by atoms with E-state index in [0.29, 0.717) is 30.0 Å². The van der Waals surface area contributed by atoms with Crippen molar-refractivity contribution in [1.29, 1.82) is 0 Å². The number of likely N-dealkylation sites (tertiary alicyclic amines) is 1. The van der Waals surface area contributed by atoms with Crippen LogP contribution in [0.1, 0.15) is 41.6 Å². The third kappa shape index (κ3) is 8.88. The molecule has 3 rings (SSSR count). The van der Waals surface area contributed by atoms with Crippen LogP contribution in [0.3, 0.4) is 0 Å². The predicted molar refractivity (Wildman–Crippen MR) is 141 cm³/mol. The first-order valence-electron chi connectivity index (χ1n) is 12.2. The summed E-state index contributed by atoms with van der Waals surface area (Å²) >= 11 is 1.47. The quantitative estimate of drug-likeness (QED) is 0.333. The molecular weight excluding hydrogens is 505 g/mol. The van der Waals surface area contributed by atoms with Crippen molar-refractivity contribution in [2.45, 2.75) is 43.5 Å². The smallest absolute Gasteiger partial charge is 0.548 e. The van der Waals surface area contributed by atoms with Gasteiger partial charge in [0.25, 0.3) is 5.91 Å². The molecule has 0 saturated carbocycles. The maximum absolute atomic E-state index is 13.2. The van der Waals surface area contributed by atoms with E-state index >= 15 is 0 Å². The van der Waals surface area contributed by atoms with E-state index in [2.05, 4.69) is 14.9 Å². The zero-order chi connectivity index (χ0) is 26.1. The monoisotopic (exact) mass is 539 g/mol. The van der Waals surface area contributed by atoms with Crippen molar-refractivity contribution < 1.29 is 42.0 Å². The van der Waals surface area contributed by atoms with Gasteiger partial charge in [0.15, 0.2) is 0 Å². The van der Waals surface area contributed by atoms with Gasteiger partial charge in [0.05, 0.1) is 16.9 Å². The number of aryl methyl sites for hydroxylation is 1. The van der Waals surface area contributed by atoms with E-state index in [0.717, 1.165) is 31.5 Å². The van der Waals surface area contributed by atoms with Gasteiger partial charge >= 0.3 is 18.9 Å². The second-order valence-corrected chi connectivity index (χ2v) is 11.7. The normalized spacial score (nSPS) is 15.0. The summed E-state index contributed by atoms with van der Waals surface area (Å²) in [5.74, 6) is -1.40. The average Bonchev–Trinajstić information content (AvgIpc) is 2.86. The molecule has 1 fully saturated rings. The molecule has 1 heterocycles. The van der Waals surface area contributed by atoms with Crippen molar-refractivity contribution in [3.63, 3.8) is 0 Å². The van der Waals surface area contributed by atoms with Crippen LogP contribution in [0.2, 0.25) is 0 Å². The van der Waals surface area contributed by atoms with E-state index in [9.17, 15) is 23.1 Å². The van der Waals surface area contributed by atoms with Crippen molar-refractivity contribution in [2.24, 2.45) is 0 Å². The van der Waals surface area contributed by atoms with E-state index < -0.39 is 27.9 Å². The Bertz CT molecular complexity index is 1170. The minimum Gasteiger partial charge on any atom is -0.548 e. The zero-order valence-corrected chi connectivity index (χ0v) is 23.4. The van der Waals surface area contributed by atoms with Crippen LogP contribution in [0.25, 0.3) is 11.1 Å². The molecule has 196 valence electrons. The van der Waals surface area contributed by atoms with Gasteiger partial charge in [-0.1, -0.05) is 30.7 Å². The minimum absolute atomic E-state index is 0. The molecule has 0 radical (unpaired) electrons. The summed E-state index contributed by atoms with van der Waals surface area (Å²) in [6, 6.07) is 10.5. The fourth-order valence-corrected chi connectivity index (χ4v) is 5.83. The average molecular weight is 540 g/mol. The Morgan fingerprint density at radius 1 is 1.08 bits per heavy atom. The Labute approximate surface area is 236 Å². The molecule has 0 bridgehead atoms. The first kappa shape index (κ1) is 31.4. The number of hydrogen-bond acceptors (Lipinski definition) is 7. The largest absolute Gasteiger partial charge is 1.00 e. The number of nitrogens with zero attached hydrogens (tertiary/aromatic N) is 1.